The summed E-state index contributed by atoms with van der Waals surface area (Å²) in [4.78, 5) is 30.1. The van der Waals surface area contributed by atoms with Crippen LogP contribution in [0.15, 0.2) is 59.5 Å². The Bertz CT molecular complexity index is 957. The fourth-order valence-corrected chi connectivity index (χ4v) is 3.62. The zero-order chi connectivity index (χ0) is 17.9. The van der Waals surface area contributed by atoms with Crippen LogP contribution in [0.4, 0.5) is 11.6 Å². The molecule has 2 amide bonds. The molecule has 0 spiro atoms. The van der Waals surface area contributed by atoms with E-state index in [9.17, 15) is 9.59 Å². The number of hydrogen-bond acceptors (Lipinski definition) is 5. The van der Waals surface area contributed by atoms with Gasteiger partial charge in [-0.25, -0.2) is 0 Å². The molecule has 26 heavy (non-hydrogen) atoms. The summed E-state index contributed by atoms with van der Waals surface area (Å²) in [6.07, 6.45) is 0. The van der Waals surface area contributed by atoms with Crippen LogP contribution >= 0.6 is 11.8 Å². The van der Waals surface area contributed by atoms with Crippen molar-refractivity contribution in [2.24, 2.45) is 0 Å². The molecule has 0 atom stereocenters. The summed E-state index contributed by atoms with van der Waals surface area (Å²) in [5.74, 6) is 0.713. The van der Waals surface area contributed by atoms with Gasteiger partial charge in [-0.3, -0.25) is 14.9 Å². The zero-order valence-electron chi connectivity index (χ0n) is 13.7. The Morgan fingerprint density at radius 3 is 2.73 bits per heavy atom. The number of thioether (sulfide) groups is 1. The number of anilines is 2. The predicted molar refractivity (Wildman–Crippen MR) is 100.0 cm³/mol. The minimum Gasteiger partial charge on any atom is -0.307 e. The first-order chi connectivity index (χ1) is 12.7. The minimum absolute atomic E-state index is 0.0716. The van der Waals surface area contributed by atoms with Crippen molar-refractivity contribution in [3.8, 4) is 11.4 Å². The van der Waals surface area contributed by atoms with Crippen LogP contribution in [0.3, 0.4) is 0 Å². The van der Waals surface area contributed by atoms with Crippen molar-refractivity contribution in [1.82, 2.24) is 15.2 Å². The van der Waals surface area contributed by atoms with E-state index in [-0.39, 0.29) is 24.3 Å². The highest BCUT2D eigenvalue weighted by atomic mass is 32.2. The molecule has 0 saturated heterocycles. The van der Waals surface area contributed by atoms with Gasteiger partial charge in [0, 0.05) is 10.5 Å². The number of nitrogens with zero attached hydrogens (tertiary/aromatic N) is 3. The van der Waals surface area contributed by atoms with Gasteiger partial charge in [-0.1, -0.05) is 42.5 Å². The zero-order valence-corrected chi connectivity index (χ0v) is 14.5. The molecule has 4 rings (SSSR count). The summed E-state index contributed by atoms with van der Waals surface area (Å²) in [6, 6.07) is 17.1. The molecule has 1 aliphatic rings. The van der Waals surface area contributed by atoms with E-state index in [2.05, 4.69) is 20.5 Å². The molecular formula is C18H15N5O2S. The van der Waals surface area contributed by atoms with E-state index in [1.165, 1.54) is 16.7 Å². The molecule has 0 saturated carbocycles. The average Bonchev–Trinajstić information content (AvgIpc) is 3.13. The molecule has 0 radical (unpaired) electrons. The van der Waals surface area contributed by atoms with Crippen molar-refractivity contribution in [2.75, 3.05) is 22.5 Å². The first-order valence-corrected chi connectivity index (χ1v) is 8.99. The van der Waals surface area contributed by atoms with E-state index < -0.39 is 0 Å². The number of nitrogens with one attached hydrogen (secondary N) is 2. The standard InChI is InChI=1S/C18H15N5O2S/c24-15(10-23-13-8-4-5-9-14(13)26-11-16(23)25)19-18-20-17(21-22-18)12-6-2-1-3-7-12/h1-9H,10-11H2,(H2,19,20,21,22,24). The van der Waals surface area contributed by atoms with E-state index in [1.54, 1.807) is 0 Å². The molecule has 2 heterocycles. The quantitative estimate of drug-likeness (QED) is 0.741. The first kappa shape index (κ1) is 16.3. The highest BCUT2D eigenvalue weighted by Crippen LogP contribution is 2.34. The fourth-order valence-electron chi connectivity index (χ4n) is 2.69. The molecule has 0 aliphatic carbocycles. The number of benzene rings is 2. The van der Waals surface area contributed by atoms with Gasteiger partial charge in [0.05, 0.1) is 11.4 Å². The highest BCUT2D eigenvalue weighted by Gasteiger charge is 2.26. The summed E-state index contributed by atoms with van der Waals surface area (Å²) >= 11 is 1.48. The molecule has 7 nitrogen and oxygen atoms in total. The van der Waals surface area contributed by atoms with Crippen LogP contribution in [0.1, 0.15) is 0 Å². The Labute approximate surface area is 153 Å². The summed E-state index contributed by atoms with van der Waals surface area (Å²) < 4.78 is 0. The van der Waals surface area contributed by atoms with Crippen molar-refractivity contribution in [2.45, 2.75) is 4.90 Å². The fraction of sp³-hybridized carbons (Fsp3) is 0.111. The molecule has 0 bridgehead atoms. The van der Waals surface area contributed by atoms with Crippen molar-refractivity contribution in [3.63, 3.8) is 0 Å². The number of carbonyl (C=O) groups is 2. The molecule has 1 aromatic heterocycles. The number of para-hydroxylation sites is 1. The second kappa shape index (κ2) is 7.01. The SMILES string of the molecule is O=C(CN1C(=O)CSc2ccccc21)Nc1nnc(-c2ccccc2)[nH]1. The Balaban J connectivity index is 1.47. The van der Waals surface area contributed by atoms with Crippen LogP contribution in [0.25, 0.3) is 11.4 Å². The molecule has 0 fully saturated rings. The lowest BCUT2D eigenvalue weighted by Crippen LogP contribution is -2.41. The van der Waals surface area contributed by atoms with Gasteiger partial charge in [-0.05, 0) is 12.1 Å². The molecule has 8 heteroatoms. The summed E-state index contributed by atoms with van der Waals surface area (Å²) in [5, 5.41) is 10.6. The number of fused-ring (bicyclic) bond motifs is 1. The molecule has 2 N–H and O–H groups in total. The molecule has 1 aliphatic heterocycles. The van der Waals surface area contributed by atoms with Gasteiger partial charge < -0.3 is 9.88 Å². The van der Waals surface area contributed by atoms with Crippen molar-refractivity contribution < 1.29 is 9.59 Å². The van der Waals surface area contributed by atoms with Gasteiger partial charge >= 0.3 is 0 Å². The van der Waals surface area contributed by atoms with Gasteiger partial charge in [0.15, 0.2) is 5.82 Å². The van der Waals surface area contributed by atoms with Gasteiger partial charge in [-0.2, -0.15) is 0 Å². The maximum Gasteiger partial charge on any atom is 0.246 e. The number of aromatic nitrogens is 3. The highest BCUT2D eigenvalue weighted by molar-refractivity contribution is 8.00. The minimum atomic E-state index is -0.337. The summed E-state index contributed by atoms with van der Waals surface area (Å²) in [5.41, 5.74) is 1.63. The van der Waals surface area contributed by atoms with Gasteiger partial charge in [0.25, 0.3) is 0 Å². The normalized spacial score (nSPS) is 13.4. The number of carbonyl (C=O) groups excluding carboxylic acids is 2. The third kappa shape index (κ3) is 3.31. The molecule has 0 unspecified atom stereocenters. The van der Waals surface area contributed by atoms with Gasteiger partial charge in [0.2, 0.25) is 17.8 Å². The Morgan fingerprint density at radius 1 is 1.12 bits per heavy atom. The predicted octanol–water partition coefficient (Wildman–Crippen LogP) is 2.55. The molecule has 3 aromatic rings. The number of amides is 2. The monoisotopic (exact) mass is 365 g/mol. The second-order valence-corrected chi connectivity index (χ2v) is 6.69. The molecule has 130 valence electrons. The van der Waals surface area contributed by atoms with E-state index in [0.717, 1.165) is 16.1 Å². The smallest absolute Gasteiger partial charge is 0.246 e. The molecular weight excluding hydrogens is 350 g/mol. The third-order valence-electron chi connectivity index (χ3n) is 3.90. The Hall–Kier alpha value is -3.13. The van der Waals surface area contributed by atoms with Gasteiger partial charge in [-0.15, -0.1) is 22.0 Å². The summed E-state index contributed by atoms with van der Waals surface area (Å²) in [6.45, 7) is -0.0716. The first-order valence-electron chi connectivity index (χ1n) is 8.01. The number of aromatic amines is 1. The third-order valence-corrected chi connectivity index (χ3v) is 4.95. The average molecular weight is 365 g/mol. The second-order valence-electron chi connectivity index (χ2n) is 5.67. The maximum absolute atomic E-state index is 12.4. The van der Waals surface area contributed by atoms with Crippen molar-refractivity contribution in [3.05, 3.63) is 54.6 Å². The number of hydrogen-bond donors (Lipinski definition) is 2. The molecule has 2 aromatic carbocycles. The van der Waals surface area contributed by atoms with E-state index >= 15 is 0 Å². The maximum atomic E-state index is 12.4. The van der Waals surface area contributed by atoms with E-state index in [4.69, 9.17) is 0 Å². The number of rotatable bonds is 4. The van der Waals surface area contributed by atoms with Crippen molar-refractivity contribution >= 4 is 35.2 Å². The Morgan fingerprint density at radius 2 is 1.88 bits per heavy atom. The van der Waals surface area contributed by atoms with Crippen molar-refractivity contribution in [1.29, 1.82) is 0 Å². The van der Waals surface area contributed by atoms with Crippen LogP contribution in [0.5, 0.6) is 0 Å². The lowest BCUT2D eigenvalue weighted by atomic mass is 10.2. The van der Waals surface area contributed by atoms with Crippen LogP contribution < -0.4 is 10.2 Å². The van der Waals surface area contributed by atoms with Crippen LogP contribution in [0.2, 0.25) is 0 Å². The van der Waals surface area contributed by atoms with Crippen LogP contribution in [0, 0.1) is 0 Å². The van der Waals surface area contributed by atoms with E-state index in [1.807, 2.05) is 54.6 Å². The lowest BCUT2D eigenvalue weighted by Gasteiger charge is -2.28. The van der Waals surface area contributed by atoms with Crippen LogP contribution in [-0.4, -0.2) is 39.3 Å². The largest absolute Gasteiger partial charge is 0.307 e. The van der Waals surface area contributed by atoms with Gasteiger partial charge in [0.1, 0.15) is 6.54 Å². The lowest BCUT2D eigenvalue weighted by molar-refractivity contribution is -0.120. The number of H-pyrrole nitrogens is 1. The van der Waals surface area contributed by atoms with E-state index in [0.29, 0.717) is 11.6 Å². The van der Waals surface area contributed by atoms with Crippen LogP contribution in [-0.2, 0) is 9.59 Å². The summed E-state index contributed by atoms with van der Waals surface area (Å²) in [7, 11) is 0. The Kier molecular flexibility index (Phi) is 4.40. The topological polar surface area (TPSA) is 91.0 Å².